The molecule has 0 spiro atoms. The number of thioether (sulfide) groups is 2. The van der Waals surface area contributed by atoms with Gasteiger partial charge in [-0.25, -0.2) is 0 Å². The van der Waals surface area contributed by atoms with E-state index in [4.69, 9.17) is 11.5 Å². The van der Waals surface area contributed by atoms with Gasteiger partial charge in [-0.3, -0.25) is 49.2 Å². The molecule has 14 N–H and O–H groups in total. The average molecular weight is 1080 g/mol. The number of nitrogens with two attached hydrogens (primary N) is 2. The standard InChI is InChI=1S/C54H62N10O10S2/c55-41(23-35-15-19-39(65)20-16-35)49(69)61-45-31-75-29-37-11-13-38(14-12-37)30-76-32-46(62-50(70)42(56)24-36-17-21-40(66)22-18-36)52(72)58-28-48(68)60-44(26-34-9-5-2-6-10-34)54(74)64-63-53(73)43(25-33-7-3-1-4-8-33)59-47(67)27-57-51(45)71/h1-22,41-46,65-66H,23-32,55-56H2,(H,57,71)(H,58,72)(H,59,67)(H,60,68)(H,61,69)(H,62,70)(H,63,73)(H,64,74)/t41-,42-,43-,44-,45+,46+/m0/s1. The van der Waals surface area contributed by atoms with Crippen molar-refractivity contribution in [1.29, 1.82) is 0 Å². The molecule has 76 heavy (non-hydrogen) atoms. The topological polar surface area (TPSA) is 325 Å². The fourth-order valence-electron chi connectivity index (χ4n) is 7.69. The molecule has 2 aliphatic rings. The van der Waals surface area contributed by atoms with Crippen molar-refractivity contribution >= 4 is 70.8 Å². The Morgan fingerprint density at radius 2 is 0.855 bits per heavy atom. The minimum absolute atomic E-state index is 0.0361. The van der Waals surface area contributed by atoms with Gasteiger partial charge in [-0.05, 0) is 70.5 Å². The lowest BCUT2D eigenvalue weighted by atomic mass is 10.0. The minimum Gasteiger partial charge on any atom is -0.508 e. The van der Waals surface area contributed by atoms with E-state index in [0.29, 0.717) is 33.8 Å². The Morgan fingerprint density at radius 1 is 0.500 bits per heavy atom. The third-order valence-electron chi connectivity index (χ3n) is 11.9. The van der Waals surface area contributed by atoms with Gasteiger partial charge in [-0.15, -0.1) is 0 Å². The number of nitrogens with one attached hydrogen (secondary N) is 8. The van der Waals surface area contributed by atoms with Crippen LogP contribution >= 0.6 is 23.5 Å². The van der Waals surface area contributed by atoms with Crippen molar-refractivity contribution in [3.8, 4) is 11.5 Å². The molecule has 8 amide bonds. The molecule has 0 saturated carbocycles. The van der Waals surface area contributed by atoms with Crippen molar-refractivity contribution in [2.75, 3.05) is 24.6 Å². The highest BCUT2D eigenvalue weighted by Crippen LogP contribution is 2.19. The van der Waals surface area contributed by atoms with Crippen LogP contribution in [-0.4, -0.2) is 118 Å². The van der Waals surface area contributed by atoms with E-state index in [1.807, 2.05) is 24.3 Å². The lowest BCUT2D eigenvalue weighted by molar-refractivity contribution is -0.134. The van der Waals surface area contributed by atoms with E-state index in [0.717, 1.165) is 11.1 Å². The van der Waals surface area contributed by atoms with Gasteiger partial charge in [-0.2, -0.15) is 23.5 Å². The number of carbonyl (C=O) groups excluding carboxylic acids is 8. The largest absolute Gasteiger partial charge is 0.508 e. The monoisotopic (exact) mass is 1070 g/mol. The lowest BCUT2D eigenvalue weighted by Gasteiger charge is -2.23. The summed E-state index contributed by atoms with van der Waals surface area (Å²) >= 11 is 2.68. The molecule has 6 atom stereocenters. The molecule has 5 aromatic rings. The predicted octanol–water partition coefficient (Wildman–Crippen LogP) is 0.522. The Bertz CT molecular complexity index is 2570. The predicted molar refractivity (Wildman–Crippen MR) is 289 cm³/mol. The minimum atomic E-state index is -1.29. The van der Waals surface area contributed by atoms with Gasteiger partial charge in [0.2, 0.25) is 35.4 Å². The van der Waals surface area contributed by atoms with Crippen LogP contribution in [0.15, 0.2) is 133 Å². The maximum absolute atomic E-state index is 13.8. The molecule has 0 aliphatic carbocycles. The van der Waals surface area contributed by atoms with Gasteiger partial charge in [0.05, 0.1) is 25.2 Å². The molecule has 400 valence electrons. The van der Waals surface area contributed by atoms with Crippen LogP contribution in [-0.2, 0) is 75.5 Å². The zero-order valence-electron chi connectivity index (χ0n) is 41.4. The molecule has 0 saturated heterocycles. The molecule has 0 radical (unpaired) electrons. The van der Waals surface area contributed by atoms with E-state index in [2.05, 4.69) is 42.8 Å². The van der Waals surface area contributed by atoms with Crippen LogP contribution in [0.1, 0.15) is 33.4 Å². The second-order valence-electron chi connectivity index (χ2n) is 18.0. The Morgan fingerprint density at radius 3 is 1.21 bits per heavy atom. The van der Waals surface area contributed by atoms with E-state index in [1.165, 1.54) is 47.8 Å². The van der Waals surface area contributed by atoms with E-state index in [-0.39, 0.29) is 48.7 Å². The van der Waals surface area contributed by atoms with Crippen molar-refractivity contribution < 1.29 is 48.6 Å². The van der Waals surface area contributed by atoms with Crippen LogP contribution < -0.4 is 54.2 Å². The van der Waals surface area contributed by atoms with Crippen LogP contribution in [0, 0.1) is 0 Å². The summed E-state index contributed by atoms with van der Waals surface area (Å²) in [5.74, 6) is -4.80. The lowest BCUT2D eigenvalue weighted by Crippen LogP contribution is -2.59. The van der Waals surface area contributed by atoms with Gasteiger partial charge >= 0.3 is 0 Å². The van der Waals surface area contributed by atoms with Crippen molar-refractivity contribution in [2.45, 2.75) is 73.4 Å². The molecule has 2 bridgehead atoms. The average Bonchev–Trinajstić information content (AvgIpc) is 3.41. The number of phenols is 2. The Labute approximate surface area is 448 Å². The van der Waals surface area contributed by atoms with Crippen LogP contribution in [0.3, 0.4) is 0 Å². The summed E-state index contributed by atoms with van der Waals surface area (Å²) < 4.78 is 0. The molecule has 0 unspecified atom stereocenters. The highest BCUT2D eigenvalue weighted by Gasteiger charge is 2.29. The van der Waals surface area contributed by atoms with Crippen LogP contribution in [0.4, 0.5) is 0 Å². The fourth-order valence-corrected chi connectivity index (χ4v) is 9.72. The highest BCUT2D eigenvalue weighted by atomic mass is 32.2. The number of benzene rings is 5. The van der Waals surface area contributed by atoms with E-state index in [9.17, 15) is 48.6 Å². The summed E-state index contributed by atoms with van der Waals surface area (Å²) in [6.45, 7) is -1.19. The van der Waals surface area contributed by atoms with Gasteiger partial charge in [-0.1, -0.05) is 109 Å². The number of aromatic hydroxyl groups is 2. The molecule has 22 heteroatoms. The zero-order chi connectivity index (χ0) is 54.4. The maximum atomic E-state index is 13.8. The number of fused-ring (bicyclic) bond motifs is 25. The van der Waals surface area contributed by atoms with Crippen molar-refractivity contribution in [2.24, 2.45) is 11.5 Å². The second-order valence-corrected chi connectivity index (χ2v) is 20.0. The fraction of sp³-hybridized carbons (Fsp3) is 0.296. The first-order valence-corrected chi connectivity index (χ1v) is 26.6. The number of amides is 8. The van der Waals surface area contributed by atoms with Gasteiger partial charge in [0.25, 0.3) is 11.8 Å². The van der Waals surface area contributed by atoms with E-state index in [1.54, 1.807) is 84.9 Å². The number of hydrogen-bond acceptors (Lipinski definition) is 14. The Hall–Kier alpha value is -7.92. The summed E-state index contributed by atoms with van der Waals surface area (Å²) in [6, 6.07) is 30.4. The summed E-state index contributed by atoms with van der Waals surface area (Å²) in [5.41, 5.74) is 21.7. The first-order valence-electron chi connectivity index (χ1n) is 24.3. The highest BCUT2D eigenvalue weighted by molar-refractivity contribution is 7.98. The van der Waals surface area contributed by atoms with Gasteiger partial charge in [0.1, 0.15) is 35.7 Å². The summed E-state index contributed by atoms with van der Waals surface area (Å²) in [5, 5.41) is 35.2. The normalized spacial score (nSPS) is 19.6. The Balaban J connectivity index is 1.22. The summed E-state index contributed by atoms with van der Waals surface area (Å²) in [7, 11) is 0. The molecular weight excluding hydrogens is 1010 g/mol. The molecule has 5 aromatic carbocycles. The Kier molecular flexibility index (Phi) is 22.1. The maximum Gasteiger partial charge on any atom is 0.261 e. The van der Waals surface area contributed by atoms with Gasteiger partial charge in [0.15, 0.2) is 0 Å². The summed E-state index contributed by atoms with van der Waals surface area (Å²) in [6.07, 6.45) is 0.136. The molecule has 0 fully saturated rings. The molecule has 2 aliphatic heterocycles. The van der Waals surface area contributed by atoms with Crippen LogP contribution in [0.25, 0.3) is 0 Å². The number of hydrogen-bond donors (Lipinski definition) is 12. The van der Waals surface area contributed by atoms with Crippen LogP contribution in [0.2, 0.25) is 0 Å². The molecule has 7 rings (SSSR count). The molecule has 0 aromatic heterocycles. The second kappa shape index (κ2) is 29.2. The van der Waals surface area contributed by atoms with Crippen molar-refractivity contribution in [3.63, 3.8) is 0 Å². The number of rotatable bonds is 12. The smallest absolute Gasteiger partial charge is 0.261 e. The number of hydrazine groups is 1. The molecule has 20 nitrogen and oxygen atoms in total. The third-order valence-corrected chi connectivity index (χ3v) is 14.1. The van der Waals surface area contributed by atoms with Gasteiger partial charge < -0.3 is 53.6 Å². The quantitative estimate of drug-likeness (QED) is 0.0759. The third kappa shape index (κ3) is 19.1. The molecule has 2 heterocycles. The van der Waals surface area contributed by atoms with E-state index >= 15 is 0 Å². The first-order chi connectivity index (χ1) is 36.6. The van der Waals surface area contributed by atoms with Crippen LogP contribution in [0.5, 0.6) is 11.5 Å². The zero-order valence-corrected chi connectivity index (χ0v) is 43.0. The van der Waals surface area contributed by atoms with Crippen molar-refractivity contribution in [3.05, 3.63) is 167 Å². The molecular formula is C54H62N10O10S2. The summed E-state index contributed by atoms with van der Waals surface area (Å²) in [4.78, 5) is 109. The SMILES string of the molecule is N[C@@H](Cc1ccc(O)cc1)C(=O)N[C@@H]1CSCc2ccc(cc2)CSC[C@@H](NC(=O)[C@@H](N)Cc2ccc(O)cc2)C(=O)NCC(=O)N[C@@H](Cc2ccccc2)C(=O)NNC(=O)[C@H](Cc2ccccc2)NC(=O)CNC1=O. The van der Waals surface area contributed by atoms with Crippen molar-refractivity contribution in [1.82, 2.24) is 42.8 Å². The van der Waals surface area contributed by atoms with Gasteiger partial charge in [0, 0.05) is 35.9 Å². The van der Waals surface area contributed by atoms with E-state index < -0.39 is 96.6 Å². The number of phenolic OH excluding ortho intramolecular Hbond substituents is 2. The number of carbonyl (C=O) groups is 8. The first kappa shape index (κ1) is 57.4.